The Labute approximate surface area is 140 Å². The van der Waals surface area contributed by atoms with E-state index in [1.165, 1.54) is 5.56 Å². The summed E-state index contributed by atoms with van der Waals surface area (Å²) in [6.45, 7) is 0. The maximum atomic E-state index is 10.3. The minimum Gasteiger partial charge on any atom is -0.390 e. The minimum atomic E-state index is -0.467. The van der Waals surface area contributed by atoms with Crippen LogP contribution in [0.15, 0.2) is 60.7 Å². The first-order valence-electron chi connectivity index (χ1n) is 7.65. The molecule has 0 amide bonds. The number of rotatable bonds is 2. The van der Waals surface area contributed by atoms with Crippen molar-refractivity contribution in [2.75, 3.05) is 0 Å². The molecule has 0 aliphatic heterocycles. The van der Waals surface area contributed by atoms with Crippen molar-refractivity contribution in [3.8, 4) is 0 Å². The lowest BCUT2D eigenvalue weighted by molar-refractivity contribution is 0.151. The molecule has 1 heterocycles. The van der Waals surface area contributed by atoms with Crippen LogP contribution in [0, 0.1) is 0 Å². The molecule has 2 N–H and O–H groups in total. The van der Waals surface area contributed by atoms with E-state index in [-0.39, 0.29) is 6.04 Å². The fraction of sp³-hybridized carbons (Fsp3) is 0.158. The average molecular weight is 320 g/mol. The van der Waals surface area contributed by atoms with E-state index in [1.54, 1.807) is 0 Å². The van der Waals surface area contributed by atoms with Gasteiger partial charge in [0.1, 0.15) is 4.99 Å². The molecular weight excluding hydrogens is 304 g/mol. The molecular formula is C19H16N2OS. The number of fused-ring (bicyclic) bond motifs is 2. The quantitative estimate of drug-likeness (QED) is 0.712. The van der Waals surface area contributed by atoms with Gasteiger partial charge in [-0.25, -0.2) is 4.98 Å². The predicted octanol–water partition coefficient (Wildman–Crippen LogP) is 3.16. The van der Waals surface area contributed by atoms with Gasteiger partial charge < -0.3 is 10.4 Å². The average Bonchev–Trinajstić information content (AvgIpc) is 2.90. The second kappa shape index (κ2) is 5.72. The Kier molecular flexibility index (Phi) is 3.56. The topological polar surface area (TPSA) is 45.1 Å². The second-order valence-electron chi connectivity index (χ2n) is 5.81. The van der Waals surface area contributed by atoms with Crippen molar-refractivity contribution >= 4 is 28.1 Å². The highest BCUT2D eigenvalue weighted by atomic mass is 32.1. The number of nitrogens with one attached hydrogen (secondary N) is 1. The molecule has 4 heteroatoms. The fourth-order valence-electron chi connectivity index (χ4n) is 3.16. The molecule has 1 aliphatic rings. The molecule has 2 aromatic carbocycles. The number of hydrogen-bond donors (Lipinski definition) is 2. The Morgan fingerprint density at radius 2 is 1.83 bits per heavy atom. The summed E-state index contributed by atoms with van der Waals surface area (Å²) in [4.78, 5) is 5.18. The number of nitrogens with zero attached hydrogens (tertiary/aromatic N) is 1. The van der Waals surface area contributed by atoms with Crippen LogP contribution in [0.3, 0.4) is 0 Å². The summed E-state index contributed by atoms with van der Waals surface area (Å²) in [5.74, 6) is 0. The smallest absolute Gasteiger partial charge is 0.125 e. The molecule has 23 heavy (non-hydrogen) atoms. The highest BCUT2D eigenvalue weighted by Gasteiger charge is 2.31. The van der Waals surface area contributed by atoms with Gasteiger partial charge in [-0.2, -0.15) is 0 Å². The van der Waals surface area contributed by atoms with E-state index in [9.17, 15) is 5.11 Å². The molecule has 114 valence electrons. The van der Waals surface area contributed by atoms with Crippen molar-refractivity contribution in [2.45, 2.75) is 18.6 Å². The first kappa shape index (κ1) is 14.3. The summed E-state index contributed by atoms with van der Waals surface area (Å²) >= 11 is 5.52. The zero-order valence-electron chi connectivity index (χ0n) is 12.4. The maximum absolute atomic E-state index is 10.3. The van der Waals surface area contributed by atoms with E-state index in [4.69, 9.17) is 12.2 Å². The summed E-state index contributed by atoms with van der Waals surface area (Å²) < 4.78 is 0. The number of aliphatic hydroxyl groups is 1. The van der Waals surface area contributed by atoms with Gasteiger partial charge in [-0.15, -0.1) is 0 Å². The molecule has 0 spiro atoms. The van der Waals surface area contributed by atoms with Gasteiger partial charge in [-0.1, -0.05) is 60.7 Å². The van der Waals surface area contributed by atoms with Crippen molar-refractivity contribution in [3.05, 3.63) is 77.5 Å². The summed E-state index contributed by atoms with van der Waals surface area (Å²) in [7, 11) is 0. The number of aliphatic hydroxyl groups excluding tert-OH is 1. The number of hydrogen-bond acceptors (Lipinski definition) is 3. The van der Waals surface area contributed by atoms with Crippen LogP contribution in [-0.2, 0) is 6.42 Å². The van der Waals surface area contributed by atoms with Crippen LogP contribution < -0.4 is 5.32 Å². The number of thiocarbonyl (C=S) groups is 1. The number of para-hydroxylation sites is 1. The summed E-state index contributed by atoms with van der Waals surface area (Å²) in [5.41, 5.74) is 3.94. The monoisotopic (exact) mass is 320 g/mol. The van der Waals surface area contributed by atoms with E-state index in [0.29, 0.717) is 11.4 Å². The third-order valence-corrected chi connectivity index (χ3v) is 4.65. The lowest BCUT2D eigenvalue weighted by Crippen LogP contribution is -2.33. The minimum absolute atomic E-state index is 0.174. The van der Waals surface area contributed by atoms with Gasteiger partial charge >= 0.3 is 0 Å². The molecule has 0 saturated heterocycles. The van der Waals surface area contributed by atoms with Crippen molar-refractivity contribution in [1.29, 1.82) is 0 Å². The zero-order chi connectivity index (χ0) is 15.8. The summed E-state index contributed by atoms with van der Waals surface area (Å²) in [5, 5.41) is 14.7. The highest BCUT2D eigenvalue weighted by molar-refractivity contribution is 7.80. The van der Waals surface area contributed by atoms with Crippen LogP contribution in [0.2, 0.25) is 0 Å². The van der Waals surface area contributed by atoms with Crippen LogP contribution in [0.1, 0.15) is 22.9 Å². The molecule has 1 aromatic heterocycles. The third kappa shape index (κ3) is 2.60. The Hall–Kier alpha value is -2.30. The van der Waals surface area contributed by atoms with Crippen LogP contribution >= 0.6 is 12.2 Å². The maximum Gasteiger partial charge on any atom is 0.125 e. The largest absolute Gasteiger partial charge is 0.390 e. The van der Waals surface area contributed by atoms with Gasteiger partial charge in [0.2, 0.25) is 0 Å². The van der Waals surface area contributed by atoms with Gasteiger partial charge in [0.15, 0.2) is 0 Å². The number of pyridine rings is 1. The highest BCUT2D eigenvalue weighted by Crippen LogP contribution is 2.31. The lowest BCUT2D eigenvalue weighted by Gasteiger charge is -2.19. The van der Waals surface area contributed by atoms with Crippen molar-refractivity contribution < 1.29 is 5.11 Å². The predicted molar refractivity (Wildman–Crippen MR) is 95.5 cm³/mol. The van der Waals surface area contributed by atoms with Crippen molar-refractivity contribution in [3.63, 3.8) is 0 Å². The molecule has 3 aromatic rings. The number of aromatic nitrogens is 1. The molecule has 0 radical (unpaired) electrons. The second-order valence-corrected chi connectivity index (χ2v) is 6.22. The first-order valence-corrected chi connectivity index (χ1v) is 8.06. The van der Waals surface area contributed by atoms with Gasteiger partial charge in [0, 0.05) is 11.8 Å². The summed E-state index contributed by atoms with van der Waals surface area (Å²) in [6.07, 6.45) is 0.188. The Morgan fingerprint density at radius 3 is 2.74 bits per heavy atom. The van der Waals surface area contributed by atoms with E-state index in [2.05, 4.69) is 16.4 Å². The van der Waals surface area contributed by atoms with E-state index in [1.807, 2.05) is 54.6 Å². The van der Waals surface area contributed by atoms with Crippen LogP contribution in [0.25, 0.3) is 10.9 Å². The molecule has 0 bridgehead atoms. The van der Waals surface area contributed by atoms with Crippen LogP contribution in [-0.4, -0.2) is 21.2 Å². The lowest BCUT2D eigenvalue weighted by atomic mass is 10.1. The van der Waals surface area contributed by atoms with Gasteiger partial charge in [-0.3, -0.25) is 0 Å². The molecule has 0 saturated carbocycles. The fourth-order valence-corrected chi connectivity index (χ4v) is 3.40. The van der Waals surface area contributed by atoms with Crippen molar-refractivity contribution in [1.82, 2.24) is 10.3 Å². The van der Waals surface area contributed by atoms with E-state index in [0.717, 1.165) is 22.2 Å². The van der Waals surface area contributed by atoms with E-state index >= 15 is 0 Å². The van der Waals surface area contributed by atoms with Crippen LogP contribution in [0.4, 0.5) is 0 Å². The van der Waals surface area contributed by atoms with Gasteiger partial charge in [-0.05, 0) is 23.3 Å². The van der Waals surface area contributed by atoms with Gasteiger partial charge in [0.05, 0.1) is 23.4 Å². The summed E-state index contributed by atoms with van der Waals surface area (Å²) in [6, 6.07) is 19.8. The van der Waals surface area contributed by atoms with Gasteiger partial charge in [0.25, 0.3) is 0 Å². The first-order chi connectivity index (χ1) is 11.2. The Balaban J connectivity index is 1.62. The molecule has 0 unspecified atom stereocenters. The number of benzene rings is 2. The van der Waals surface area contributed by atoms with E-state index < -0.39 is 6.10 Å². The molecule has 2 atom stereocenters. The Morgan fingerprint density at radius 1 is 1.04 bits per heavy atom. The molecule has 0 fully saturated rings. The molecule has 4 rings (SSSR count). The van der Waals surface area contributed by atoms with Crippen molar-refractivity contribution in [2.24, 2.45) is 0 Å². The normalized spacial score (nSPS) is 19.5. The van der Waals surface area contributed by atoms with Crippen LogP contribution in [0.5, 0.6) is 0 Å². The third-order valence-electron chi connectivity index (χ3n) is 4.32. The molecule has 3 nitrogen and oxygen atoms in total. The zero-order valence-corrected chi connectivity index (χ0v) is 13.3. The SMILES string of the molecule is O[C@H]1Cc2ccccc2[C@H]1NC(=S)c1ccc2ccccc2n1. The standard InChI is InChI=1S/C19H16N2OS/c22-17-11-13-6-1-3-7-14(13)18(17)21-19(23)16-10-9-12-5-2-4-8-15(12)20-16/h1-10,17-18,22H,11H2,(H,21,23)/t17-,18+/m0/s1. The Bertz CT molecular complexity index is 893. The molecule has 1 aliphatic carbocycles.